The van der Waals surface area contributed by atoms with E-state index in [1.165, 1.54) is 12.1 Å². The Balaban J connectivity index is 2.20. The highest BCUT2D eigenvalue weighted by Crippen LogP contribution is 2.23. The van der Waals surface area contributed by atoms with Crippen molar-refractivity contribution in [2.24, 2.45) is 5.84 Å². The fourth-order valence-electron chi connectivity index (χ4n) is 2.14. The summed E-state index contributed by atoms with van der Waals surface area (Å²) in [6.45, 7) is 6.64. The highest BCUT2D eigenvalue weighted by Gasteiger charge is 2.20. The summed E-state index contributed by atoms with van der Waals surface area (Å²) in [7, 11) is 0. The minimum Gasteiger partial charge on any atom is -0.354 e. The summed E-state index contributed by atoms with van der Waals surface area (Å²) in [5, 5.41) is 10.9. The zero-order chi connectivity index (χ0) is 13.8. The van der Waals surface area contributed by atoms with Crippen LogP contribution in [0.2, 0.25) is 0 Å². The van der Waals surface area contributed by atoms with Crippen LogP contribution in [-0.4, -0.2) is 47.5 Å². The van der Waals surface area contributed by atoms with Crippen LogP contribution in [0.1, 0.15) is 6.92 Å². The van der Waals surface area contributed by atoms with Crippen molar-refractivity contribution in [1.82, 2.24) is 9.88 Å². The van der Waals surface area contributed by atoms with Crippen LogP contribution in [0.5, 0.6) is 0 Å². The number of nitrogens with two attached hydrogens (primary N) is 1. The molecule has 8 nitrogen and oxygen atoms in total. The Morgan fingerprint density at radius 1 is 1.42 bits per heavy atom. The minimum absolute atomic E-state index is 0.00382. The number of aromatic nitrogens is 1. The number of pyridine rings is 1. The smallest absolute Gasteiger partial charge is 0.276 e. The van der Waals surface area contributed by atoms with Gasteiger partial charge in [0.25, 0.3) is 5.69 Å². The molecule has 0 radical (unpaired) electrons. The molecule has 0 amide bonds. The number of hydrogen-bond acceptors (Lipinski definition) is 7. The van der Waals surface area contributed by atoms with Crippen molar-refractivity contribution >= 4 is 17.3 Å². The quantitative estimate of drug-likeness (QED) is 0.462. The van der Waals surface area contributed by atoms with Crippen LogP contribution >= 0.6 is 0 Å². The molecule has 0 aliphatic carbocycles. The molecule has 8 heteroatoms. The van der Waals surface area contributed by atoms with E-state index in [2.05, 4.69) is 22.2 Å². The summed E-state index contributed by atoms with van der Waals surface area (Å²) < 4.78 is 0. The van der Waals surface area contributed by atoms with Gasteiger partial charge in [-0.05, 0) is 6.54 Å². The third-order valence-corrected chi connectivity index (χ3v) is 3.30. The number of nitro groups is 1. The number of nitrogen functional groups attached to an aromatic ring is 1. The van der Waals surface area contributed by atoms with Crippen molar-refractivity contribution in [2.45, 2.75) is 6.92 Å². The lowest BCUT2D eigenvalue weighted by atomic mass is 10.3. The highest BCUT2D eigenvalue weighted by atomic mass is 16.6. The van der Waals surface area contributed by atoms with Gasteiger partial charge in [-0.25, -0.2) is 10.8 Å². The number of hydrazine groups is 1. The van der Waals surface area contributed by atoms with E-state index in [9.17, 15) is 10.1 Å². The van der Waals surface area contributed by atoms with Gasteiger partial charge in [-0.2, -0.15) is 0 Å². The van der Waals surface area contributed by atoms with Crippen molar-refractivity contribution in [3.8, 4) is 0 Å². The Kier molecular flexibility index (Phi) is 4.13. The first kappa shape index (κ1) is 13.5. The third-order valence-electron chi connectivity index (χ3n) is 3.30. The van der Waals surface area contributed by atoms with Gasteiger partial charge in [-0.3, -0.25) is 10.1 Å². The van der Waals surface area contributed by atoms with Gasteiger partial charge in [0.15, 0.2) is 0 Å². The molecular formula is C11H18N6O2. The van der Waals surface area contributed by atoms with E-state index in [4.69, 9.17) is 5.84 Å². The lowest BCUT2D eigenvalue weighted by Gasteiger charge is -2.34. The van der Waals surface area contributed by atoms with Gasteiger partial charge in [-0.15, -0.1) is 0 Å². The van der Waals surface area contributed by atoms with E-state index in [1.54, 1.807) is 0 Å². The maximum absolute atomic E-state index is 10.9. The molecule has 3 N–H and O–H groups in total. The average molecular weight is 266 g/mol. The first-order chi connectivity index (χ1) is 9.13. The lowest BCUT2D eigenvalue weighted by Crippen LogP contribution is -2.46. The highest BCUT2D eigenvalue weighted by molar-refractivity contribution is 5.55. The van der Waals surface area contributed by atoms with Crippen molar-refractivity contribution in [3.63, 3.8) is 0 Å². The molecule has 1 aromatic heterocycles. The summed E-state index contributed by atoms with van der Waals surface area (Å²) in [6.07, 6.45) is 0. The van der Waals surface area contributed by atoms with Gasteiger partial charge in [0.1, 0.15) is 11.6 Å². The topological polar surface area (TPSA) is 101 Å². The van der Waals surface area contributed by atoms with Crippen LogP contribution in [0.25, 0.3) is 0 Å². The molecule has 1 aliphatic rings. The maximum atomic E-state index is 10.9. The van der Waals surface area contributed by atoms with Gasteiger partial charge < -0.3 is 15.2 Å². The molecule has 0 saturated carbocycles. The second-order valence-corrected chi connectivity index (χ2v) is 4.39. The summed E-state index contributed by atoms with van der Waals surface area (Å²) in [5.74, 6) is 6.20. The van der Waals surface area contributed by atoms with Gasteiger partial charge >= 0.3 is 0 Å². The molecule has 0 aromatic carbocycles. The number of hydrogen-bond donors (Lipinski definition) is 2. The summed E-state index contributed by atoms with van der Waals surface area (Å²) in [5.41, 5.74) is 2.37. The lowest BCUT2D eigenvalue weighted by molar-refractivity contribution is -0.384. The normalized spacial score (nSPS) is 16.4. The Bertz CT molecular complexity index is 458. The van der Waals surface area contributed by atoms with E-state index in [0.29, 0.717) is 11.6 Å². The SMILES string of the molecule is CCN1CCN(c2cc([N+](=O)[O-])cc(NN)n2)CC1. The number of rotatable bonds is 4. The molecule has 0 spiro atoms. The second-order valence-electron chi connectivity index (χ2n) is 4.39. The standard InChI is InChI=1S/C11H18N6O2/c1-2-15-3-5-16(6-4-15)11-8-9(17(18)19)7-10(13-11)14-12/h7-8H,2-6,12H2,1H3,(H,13,14). The molecule has 2 rings (SSSR count). The fourth-order valence-corrected chi connectivity index (χ4v) is 2.14. The van der Waals surface area contributed by atoms with Crippen molar-refractivity contribution < 1.29 is 4.92 Å². The monoisotopic (exact) mass is 266 g/mol. The molecule has 0 atom stereocenters. The van der Waals surface area contributed by atoms with Gasteiger partial charge in [0.05, 0.1) is 17.1 Å². The minimum atomic E-state index is -0.436. The second kappa shape index (κ2) is 5.81. The van der Waals surface area contributed by atoms with Crippen LogP contribution in [-0.2, 0) is 0 Å². The molecule has 1 aromatic rings. The van der Waals surface area contributed by atoms with Gasteiger partial charge in [-0.1, -0.05) is 6.92 Å². The molecule has 1 aliphatic heterocycles. The molecular weight excluding hydrogens is 248 g/mol. The Morgan fingerprint density at radius 3 is 2.63 bits per heavy atom. The Labute approximate surface area is 111 Å². The Hall–Kier alpha value is -1.93. The van der Waals surface area contributed by atoms with E-state index in [0.717, 1.165) is 32.7 Å². The van der Waals surface area contributed by atoms with Crippen LogP contribution < -0.4 is 16.2 Å². The van der Waals surface area contributed by atoms with Crippen molar-refractivity contribution in [1.29, 1.82) is 0 Å². The average Bonchev–Trinajstić information content (AvgIpc) is 2.46. The van der Waals surface area contributed by atoms with Crippen LogP contribution in [0.15, 0.2) is 12.1 Å². The van der Waals surface area contributed by atoms with Gasteiger partial charge in [0.2, 0.25) is 0 Å². The molecule has 2 heterocycles. The van der Waals surface area contributed by atoms with Crippen LogP contribution in [0.3, 0.4) is 0 Å². The van der Waals surface area contributed by atoms with Crippen molar-refractivity contribution in [2.75, 3.05) is 43.0 Å². The largest absolute Gasteiger partial charge is 0.354 e. The number of piperazine rings is 1. The van der Waals surface area contributed by atoms with Crippen LogP contribution in [0.4, 0.5) is 17.3 Å². The third kappa shape index (κ3) is 3.09. The molecule has 1 saturated heterocycles. The fraction of sp³-hybridized carbons (Fsp3) is 0.545. The molecule has 104 valence electrons. The summed E-state index contributed by atoms with van der Waals surface area (Å²) in [6, 6.07) is 2.81. The van der Waals surface area contributed by atoms with E-state index >= 15 is 0 Å². The zero-order valence-electron chi connectivity index (χ0n) is 10.9. The first-order valence-electron chi connectivity index (χ1n) is 6.24. The predicted octanol–water partition coefficient (Wildman–Crippen LogP) is 0.417. The molecule has 19 heavy (non-hydrogen) atoms. The maximum Gasteiger partial charge on any atom is 0.276 e. The summed E-state index contributed by atoms with van der Waals surface area (Å²) >= 11 is 0. The van der Waals surface area contributed by atoms with Crippen LogP contribution in [0, 0.1) is 10.1 Å². The van der Waals surface area contributed by atoms with Gasteiger partial charge in [0, 0.05) is 26.2 Å². The first-order valence-corrected chi connectivity index (χ1v) is 6.24. The molecule has 0 bridgehead atoms. The number of anilines is 2. The van der Waals surface area contributed by atoms with E-state index < -0.39 is 4.92 Å². The number of nitrogens with one attached hydrogen (secondary N) is 1. The van der Waals surface area contributed by atoms with E-state index in [-0.39, 0.29) is 5.69 Å². The molecule has 0 unspecified atom stereocenters. The predicted molar refractivity (Wildman–Crippen MR) is 73.0 cm³/mol. The van der Waals surface area contributed by atoms with E-state index in [1.807, 2.05) is 4.90 Å². The Morgan fingerprint density at radius 2 is 2.11 bits per heavy atom. The summed E-state index contributed by atoms with van der Waals surface area (Å²) in [4.78, 5) is 19.1. The number of nitrogens with zero attached hydrogens (tertiary/aromatic N) is 4. The molecule has 1 fully saturated rings. The number of likely N-dealkylation sites (N-methyl/N-ethyl adjacent to an activating group) is 1. The zero-order valence-corrected chi connectivity index (χ0v) is 10.9. The van der Waals surface area contributed by atoms with Crippen molar-refractivity contribution in [3.05, 3.63) is 22.2 Å².